The van der Waals surface area contributed by atoms with Gasteiger partial charge in [0, 0.05) is 5.25 Å². The lowest BCUT2D eigenvalue weighted by molar-refractivity contribution is 0.0826. The summed E-state index contributed by atoms with van der Waals surface area (Å²) in [5.74, 6) is 0. The fourth-order valence-electron chi connectivity index (χ4n) is 3.16. The van der Waals surface area contributed by atoms with Crippen molar-refractivity contribution >= 4 is 33.3 Å². The van der Waals surface area contributed by atoms with Crippen molar-refractivity contribution in [1.29, 1.82) is 0 Å². The normalized spacial score (nSPS) is 13.0. The zero-order chi connectivity index (χ0) is 18.0. The highest BCUT2D eigenvalue weighted by Gasteiger charge is 2.38. The average Bonchev–Trinajstić information content (AvgIpc) is 3.11. The van der Waals surface area contributed by atoms with Crippen LogP contribution in [0.5, 0.6) is 0 Å². The molecule has 3 aromatic carbocycles. The maximum absolute atomic E-state index is 11.8. The van der Waals surface area contributed by atoms with E-state index in [1.165, 1.54) is 4.70 Å². The molecule has 1 heterocycles. The lowest BCUT2D eigenvalue weighted by Gasteiger charge is -2.34. The molecule has 26 heavy (non-hydrogen) atoms. The van der Waals surface area contributed by atoms with E-state index in [1.807, 2.05) is 78.9 Å². The van der Waals surface area contributed by atoms with Crippen LogP contribution in [0.25, 0.3) is 10.2 Å². The third-order valence-corrected chi connectivity index (χ3v) is 6.93. The van der Waals surface area contributed by atoms with Crippen LogP contribution in [-0.2, 0) is 5.60 Å². The van der Waals surface area contributed by atoms with Crippen molar-refractivity contribution < 1.29 is 5.11 Å². The number of thiazole rings is 1. The van der Waals surface area contributed by atoms with E-state index in [0.717, 1.165) is 21.0 Å². The third kappa shape index (κ3) is 3.16. The van der Waals surface area contributed by atoms with Gasteiger partial charge in [-0.1, -0.05) is 84.6 Å². The van der Waals surface area contributed by atoms with Gasteiger partial charge in [0.2, 0.25) is 0 Å². The van der Waals surface area contributed by atoms with Crippen molar-refractivity contribution in [3.63, 3.8) is 0 Å². The summed E-state index contributed by atoms with van der Waals surface area (Å²) in [6, 6.07) is 27.9. The number of nitrogens with zero attached hydrogens (tertiary/aromatic N) is 1. The van der Waals surface area contributed by atoms with Crippen LogP contribution < -0.4 is 0 Å². The Hall–Kier alpha value is -2.14. The Kier molecular flexibility index (Phi) is 4.81. The first-order valence-corrected chi connectivity index (χ1v) is 10.2. The van der Waals surface area contributed by atoms with Gasteiger partial charge in [-0.3, -0.25) is 0 Å². The molecule has 130 valence electrons. The van der Waals surface area contributed by atoms with Gasteiger partial charge >= 0.3 is 0 Å². The number of rotatable bonds is 5. The number of aromatic nitrogens is 1. The number of fused-ring (bicyclic) bond motifs is 1. The summed E-state index contributed by atoms with van der Waals surface area (Å²) in [5.41, 5.74) is 1.71. The van der Waals surface area contributed by atoms with Crippen LogP contribution >= 0.6 is 23.1 Å². The zero-order valence-electron chi connectivity index (χ0n) is 14.4. The molecule has 2 nitrogen and oxygen atoms in total. The van der Waals surface area contributed by atoms with Crippen LogP contribution in [-0.4, -0.2) is 15.3 Å². The van der Waals surface area contributed by atoms with Crippen LogP contribution in [0.4, 0.5) is 0 Å². The number of hydrogen-bond donors (Lipinski definition) is 1. The highest BCUT2D eigenvalue weighted by atomic mass is 32.2. The van der Waals surface area contributed by atoms with Gasteiger partial charge < -0.3 is 5.11 Å². The van der Waals surface area contributed by atoms with Gasteiger partial charge in [0.25, 0.3) is 0 Å². The molecule has 0 radical (unpaired) electrons. The van der Waals surface area contributed by atoms with Gasteiger partial charge in [0.15, 0.2) is 4.34 Å². The van der Waals surface area contributed by atoms with E-state index in [-0.39, 0.29) is 5.25 Å². The van der Waals surface area contributed by atoms with Gasteiger partial charge in [-0.2, -0.15) is 0 Å². The van der Waals surface area contributed by atoms with E-state index in [1.54, 1.807) is 23.1 Å². The number of hydrogen-bond acceptors (Lipinski definition) is 4. The first kappa shape index (κ1) is 17.3. The second kappa shape index (κ2) is 7.23. The maximum atomic E-state index is 11.8. The fraction of sp³-hybridized carbons (Fsp3) is 0.136. The van der Waals surface area contributed by atoms with Crippen LogP contribution in [0, 0.1) is 0 Å². The summed E-state index contributed by atoms with van der Waals surface area (Å²) in [7, 11) is 0. The Bertz CT molecular complexity index is 926. The summed E-state index contributed by atoms with van der Waals surface area (Å²) in [6.45, 7) is 2.07. The quantitative estimate of drug-likeness (QED) is 0.452. The molecule has 0 aliphatic carbocycles. The Morgan fingerprint density at radius 3 is 1.96 bits per heavy atom. The lowest BCUT2D eigenvalue weighted by atomic mass is 9.84. The van der Waals surface area contributed by atoms with Gasteiger partial charge in [-0.05, 0) is 30.2 Å². The molecule has 1 unspecified atom stereocenters. The predicted octanol–water partition coefficient (Wildman–Crippen LogP) is 5.71. The van der Waals surface area contributed by atoms with Crippen LogP contribution in [0.1, 0.15) is 18.1 Å². The van der Waals surface area contributed by atoms with Crippen LogP contribution in [0.15, 0.2) is 89.3 Å². The molecule has 1 aromatic heterocycles. The molecule has 0 aliphatic heterocycles. The van der Waals surface area contributed by atoms with E-state index in [0.29, 0.717) is 0 Å². The summed E-state index contributed by atoms with van der Waals surface area (Å²) in [6.07, 6.45) is 0. The molecule has 0 saturated carbocycles. The minimum Gasteiger partial charge on any atom is -0.379 e. The van der Waals surface area contributed by atoms with Gasteiger partial charge in [-0.25, -0.2) is 4.98 Å². The summed E-state index contributed by atoms with van der Waals surface area (Å²) < 4.78 is 2.15. The first-order chi connectivity index (χ1) is 12.7. The molecule has 0 aliphatic rings. The van der Waals surface area contributed by atoms with Crippen molar-refractivity contribution in [3.8, 4) is 0 Å². The Morgan fingerprint density at radius 2 is 1.38 bits per heavy atom. The summed E-state index contributed by atoms with van der Waals surface area (Å²) in [5, 5.41) is 11.7. The minimum atomic E-state index is -1.09. The number of aliphatic hydroxyl groups is 1. The first-order valence-electron chi connectivity index (χ1n) is 8.53. The molecule has 4 rings (SSSR count). The minimum absolute atomic E-state index is 0.104. The van der Waals surface area contributed by atoms with E-state index >= 15 is 0 Å². The molecular weight excluding hydrogens is 358 g/mol. The molecule has 1 atom stereocenters. The standard InChI is InChI=1S/C22H19NOS2/c1-16(25-21-23-19-14-8-9-15-20(19)26-21)22(24,17-10-4-2-5-11-17)18-12-6-3-7-13-18/h2-16,24H,1H3. The van der Waals surface area contributed by atoms with Crippen LogP contribution in [0.3, 0.4) is 0 Å². The van der Waals surface area contributed by atoms with E-state index in [9.17, 15) is 5.11 Å². The average molecular weight is 378 g/mol. The Balaban J connectivity index is 1.73. The highest BCUT2D eigenvalue weighted by Crippen LogP contribution is 2.43. The van der Waals surface area contributed by atoms with Gasteiger partial charge in [0.1, 0.15) is 5.60 Å². The van der Waals surface area contributed by atoms with E-state index in [4.69, 9.17) is 4.98 Å². The number of para-hydroxylation sites is 1. The molecule has 4 aromatic rings. The van der Waals surface area contributed by atoms with E-state index in [2.05, 4.69) is 13.0 Å². The summed E-state index contributed by atoms with van der Waals surface area (Å²) >= 11 is 3.30. The van der Waals surface area contributed by atoms with Crippen LogP contribution in [0.2, 0.25) is 0 Å². The largest absolute Gasteiger partial charge is 0.379 e. The lowest BCUT2D eigenvalue weighted by Crippen LogP contribution is -2.37. The second-order valence-corrected chi connectivity index (χ2v) is 8.82. The molecule has 0 amide bonds. The van der Waals surface area contributed by atoms with E-state index < -0.39 is 5.60 Å². The van der Waals surface area contributed by atoms with Crippen molar-refractivity contribution in [2.24, 2.45) is 0 Å². The Morgan fingerprint density at radius 1 is 0.846 bits per heavy atom. The zero-order valence-corrected chi connectivity index (χ0v) is 16.0. The van der Waals surface area contributed by atoms with Crippen molar-refractivity contribution in [2.45, 2.75) is 22.1 Å². The second-order valence-electron chi connectivity index (χ2n) is 6.21. The molecule has 0 saturated heterocycles. The highest BCUT2D eigenvalue weighted by molar-refractivity contribution is 8.01. The molecule has 0 bridgehead atoms. The molecule has 0 spiro atoms. The SMILES string of the molecule is CC(Sc1nc2ccccc2s1)C(O)(c1ccccc1)c1ccccc1. The monoisotopic (exact) mass is 377 g/mol. The van der Waals surface area contributed by atoms with Crippen molar-refractivity contribution in [3.05, 3.63) is 96.1 Å². The predicted molar refractivity (Wildman–Crippen MR) is 111 cm³/mol. The molecule has 0 fully saturated rings. The molecule has 1 N–H and O–H groups in total. The van der Waals surface area contributed by atoms with Gasteiger partial charge in [0.05, 0.1) is 10.2 Å². The Labute approximate surface area is 161 Å². The van der Waals surface area contributed by atoms with Crippen molar-refractivity contribution in [1.82, 2.24) is 4.98 Å². The fourth-order valence-corrected chi connectivity index (χ4v) is 5.65. The summed E-state index contributed by atoms with van der Waals surface area (Å²) in [4.78, 5) is 4.72. The topological polar surface area (TPSA) is 33.1 Å². The smallest absolute Gasteiger partial charge is 0.151 e. The third-order valence-electron chi connectivity index (χ3n) is 4.57. The maximum Gasteiger partial charge on any atom is 0.151 e. The molecular formula is C22H19NOS2. The van der Waals surface area contributed by atoms with Gasteiger partial charge in [-0.15, -0.1) is 11.3 Å². The number of thioether (sulfide) groups is 1. The molecule has 4 heteroatoms. The van der Waals surface area contributed by atoms with Crippen molar-refractivity contribution in [2.75, 3.05) is 0 Å². The number of benzene rings is 3.